The molecule has 176 valence electrons. The Morgan fingerprint density at radius 3 is 2.85 bits per heavy atom. The van der Waals surface area contributed by atoms with E-state index in [2.05, 4.69) is 30.6 Å². The van der Waals surface area contributed by atoms with Crippen LogP contribution >= 0.6 is 11.6 Å². The SMILES string of the molecule is CC1N=C(c2cccc(C(F)(F)F)n2)N=C(Nc2ccnc(NC(=O)CCl)c2)C2=CC=CCC21. The number of hydrogen-bond donors (Lipinski definition) is 2. The summed E-state index contributed by atoms with van der Waals surface area (Å²) in [7, 11) is 0. The highest BCUT2D eigenvalue weighted by molar-refractivity contribution is 6.29. The summed E-state index contributed by atoms with van der Waals surface area (Å²) in [6.07, 6.45) is 3.44. The van der Waals surface area contributed by atoms with Crippen LogP contribution in [-0.2, 0) is 11.0 Å². The quantitative estimate of drug-likeness (QED) is 0.603. The highest BCUT2D eigenvalue weighted by Gasteiger charge is 2.34. The zero-order valence-corrected chi connectivity index (χ0v) is 18.7. The number of alkyl halides is 4. The molecule has 4 rings (SSSR count). The third kappa shape index (κ3) is 5.33. The van der Waals surface area contributed by atoms with Gasteiger partial charge in [-0.05, 0) is 31.5 Å². The first-order valence-corrected chi connectivity index (χ1v) is 10.9. The fraction of sp³-hybridized carbons (Fsp3) is 0.261. The average Bonchev–Trinajstić information content (AvgIpc) is 2.96. The van der Waals surface area contributed by atoms with Crippen LogP contribution in [0, 0.1) is 5.92 Å². The zero-order valence-electron chi connectivity index (χ0n) is 18.0. The van der Waals surface area contributed by atoms with Gasteiger partial charge in [0, 0.05) is 29.4 Å². The van der Waals surface area contributed by atoms with Crippen LogP contribution in [0.3, 0.4) is 0 Å². The minimum absolute atomic E-state index is 0.0259. The van der Waals surface area contributed by atoms with Gasteiger partial charge in [0.25, 0.3) is 0 Å². The third-order valence-electron chi connectivity index (χ3n) is 5.28. The molecule has 3 heterocycles. The van der Waals surface area contributed by atoms with Crippen molar-refractivity contribution in [2.24, 2.45) is 15.9 Å². The molecule has 1 aliphatic carbocycles. The molecule has 0 bridgehead atoms. The fourth-order valence-electron chi connectivity index (χ4n) is 3.67. The van der Waals surface area contributed by atoms with Gasteiger partial charge in [0.2, 0.25) is 5.91 Å². The van der Waals surface area contributed by atoms with Gasteiger partial charge in [0.1, 0.15) is 28.9 Å². The van der Waals surface area contributed by atoms with Crippen LogP contribution in [0.2, 0.25) is 0 Å². The average molecular weight is 489 g/mol. The van der Waals surface area contributed by atoms with Crippen LogP contribution in [0.1, 0.15) is 24.7 Å². The first-order chi connectivity index (χ1) is 16.2. The van der Waals surface area contributed by atoms with Crippen molar-refractivity contribution in [3.8, 4) is 0 Å². The highest BCUT2D eigenvalue weighted by atomic mass is 35.5. The number of fused-ring (bicyclic) bond motifs is 1. The lowest BCUT2D eigenvalue weighted by molar-refractivity contribution is -0.141. The number of nitrogens with one attached hydrogen (secondary N) is 2. The van der Waals surface area contributed by atoms with E-state index in [-0.39, 0.29) is 29.4 Å². The molecule has 0 saturated heterocycles. The molecule has 0 spiro atoms. The topological polar surface area (TPSA) is 91.6 Å². The predicted octanol–water partition coefficient (Wildman–Crippen LogP) is 4.83. The Hall–Kier alpha value is -3.53. The van der Waals surface area contributed by atoms with Crippen LogP contribution in [0.25, 0.3) is 0 Å². The second-order valence-corrected chi connectivity index (χ2v) is 7.96. The number of pyridine rings is 2. The molecule has 2 aromatic heterocycles. The molecule has 2 N–H and O–H groups in total. The maximum Gasteiger partial charge on any atom is 0.433 e. The summed E-state index contributed by atoms with van der Waals surface area (Å²) in [4.78, 5) is 28.7. The molecule has 7 nitrogen and oxygen atoms in total. The summed E-state index contributed by atoms with van der Waals surface area (Å²) < 4.78 is 39.7. The van der Waals surface area contributed by atoms with Crippen molar-refractivity contribution >= 4 is 40.7 Å². The number of carbonyl (C=O) groups excluding carboxylic acids is 1. The monoisotopic (exact) mass is 488 g/mol. The number of halogens is 4. The molecule has 2 aromatic rings. The minimum Gasteiger partial charge on any atom is -0.340 e. The number of aliphatic imine (C=N–C) groups is 2. The number of allylic oxidation sites excluding steroid dienone is 3. The Morgan fingerprint density at radius 1 is 1.26 bits per heavy atom. The van der Waals surface area contributed by atoms with E-state index in [1.165, 1.54) is 18.3 Å². The summed E-state index contributed by atoms with van der Waals surface area (Å²) in [5.41, 5.74) is 0.446. The molecule has 11 heteroatoms. The van der Waals surface area contributed by atoms with Crippen molar-refractivity contribution in [3.05, 3.63) is 71.7 Å². The Balaban J connectivity index is 1.74. The summed E-state index contributed by atoms with van der Waals surface area (Å²) in [5.74, 6) is 0.169. The van der Waals surface area contributed by atoms with E-state index in [9.17, 15) is 18.0 Å². The summed E-state index contributed by atoms with van der Waals surface area (Å²) in [6, 6.07) is 6.69. The third-order valence-corrected chi connectivity index (χ3v) is 5.52. The maximum atomic E-state index is 13.2. The lowest BCUT2D eigenvalue weighted by Gasteiger charge is -2.24. The second kappa shape index (κ2) is 9.76. The van der Waals surface area contributed by atoms with Gasteiger partial charge in [-0.2, -0.15) is 13.2 Å². The van der Waals surface area contributed by atoms with Gasteiger partial charge in [-0.25, -0.2) is 15.0 Å². The number of amidine groups is 2. The lowest BCUT2D eigenvalue weighted by Crippen LogP contribution is -2.26. The summed E-state index contributed by atoms with van der Waals surface area (Å²) in [6.45, 7) is 1.90. The van der Waals surface area contributed by atoms with Crippen molar-refractivity contribution in [3.63, 3.8) is 0 Å². The molecular formula is C23H20ClF3N6O. The Kier molecular flexibility index (Phi) is 6.78. The van der Waals surface area contributed by atoms with Crippen molar-refractivity contribution < 1.29 is 18.0 Å². The lowest BCUT2D eigenvalue weighted by atomic mass is 9.85. The molecule has 0 fully saturated rings. The van der Waals surface area contributed by atoms with Crippen LogP contribution < -0.4 is 10.6 Å². The Morgan fingerprint density at radius 2 is 2.09 bits per heavy atom. The predicted molar refractivity (Wildman–Crippen MR) is 125 cm³/mol. The minimum atomic E-state index is -4.58. The molecule has 34 heavy (non-hydrogen) atoms. The number of rotatable bonds is 4. The number of hydrogen-bond acceptors (Lipinski definition) is 6. The van der Waals surface area contributed by atoms with Crippen molar-refractivity contribution in [1.29, 1.82) is 0 Å². The number of amides is 1. The van der Waals surface area contributed by atoms with E-state index < -0.39 is 17.8 Å². The van der Waals surface area contributed by atoms with Crippen LogP contribution in [0.15, 0.2) is 70.3 Å². The number of anilines is 2. The molecule has 1 amide bonds. The maximum absolute atomic E-state index is 13.2. The fourth-order valence-corrected chi connectivity index (χ4v) is 3.74. The van der Waals surface area contributed by atoms with Gasteiger partial charge < -0.3 is 10.6 Å². The smallest absolute Gasteiger partial charge is 0.340 e. The van der Waals surface area contributed by atoms with E-state index in [0.29, 0.717) is 23.8 Å². The number of nitrogens with zero attached hydrogens (tertiary/aromatic N) is 4. The molecule has 2 aliphatic rings. The molecular weight excluding hydrogens is 469 g/mol. The Bertz CT molecular complexity index is 1220. The molecule has 0 aromatic carbocycles. The van der Waals surface area contributed by atoms with E-state index >= 15 is 0 Å². The van der Waals surface area contributed by atoms with Gasteiger partial charge in [-0.1, -0.05) is 24.3 Å². The van der Waals surface area contributed by atoms with Crippen molar-refractivity contribution in [1.82, 2.24) is 9.97 Å². The van der Waals surface area contributed by atoms with Gasteiger partial charge in [-0.15, -0.1) is 11.6 Å². The number of carbonyl (C=O) groups is 1. The van der Waals surface area contributed by atoms with E-state index in [0.717, 1.165) is 11.6 Å². The largest absolute Gasteiger partial charge is 0.433 e. The molecule has 0 radical (unpaired) electrons. The second-order valence-electron chi connectivity index (χ2n) is 7.69. The van der Waals surface area contributed by atoms with Crippen LogP contribution in [-0.4, -0.2) is 39.5 Å². The first-order valence-electron chi connectivity index (χ1n) is 10.4. The zero-order chi connectivity index (χ0) is 24.3. The molecule has 0 saturated carbocycles. The highest BCUT2D eigenvalue weighted by Crippen LogP contribution is 2.32. The van der Waals surface area contributed by atoms with Gasteiger partial charge in [0.15, 0.2) is 5.84 Å². The van der Waals surface area contributed by atoms with Crippen molar-refractivity contribution in [2.75, 3.05) is 16.5 Å². The molecule has 2 atom stereocenters. The van der Waals surface area contributed by atoms with E-state index in [1.807, 2.05) is 25.2 Å². The van der Waals surface area contributed by atoms with Crippen LogP contribution in [0.4, 0.5) is 24.7 Å². The van der Waals surface area contributed by atoms with Gasteiger partial charge in [-0.3, -0.25) is 9.79 Å². The van der Waals surface area contributed by atoms with Gasteiger partial charge in [0.05, 0.1) is 6.04 Å². The number of aromatic nitrogens is 2. The summed E-state index contributed by atoms with van der Waals surface area (Å²) >= 11 is 5.54. The van der Waals surface area contributed by atoms with Crippen LogP contribution in [0.5, 0.6) is 0 Å². The Labute approximate surface area is 198 Å². The standard InChI is InChI=1S/C23H20ClF3N6O/c1-13-15-5-2-3-6-16(15)21(30-14-9-10-28-19(11-14)32-20(34)12-24)33-22(29-13)17-7-4-8-18(31-17)23(25,26)27/h2-4,6-11,13,15H,5,12H2,1H3,(H2,28,29,30,32,33,34). The first kappa shape index (κ1) is 23.6. The molecule has 2 unspecified atom stereocenters. The summed E-state index contributed by atoms with van der Waals surface area (Å²) in [5, 5.41) is 5.78. The van der Waals surface area contributed by atoms with E-state index in [1.54, 1.807) is 12.1 Å². The van der Waals surface area contributed by atoms with E-state index in [4.69, 9.17) is 11.6 Å². The normalized spacial score (nSPS) is 19.9. The molecule has 1 aliphatic heterocycles. The van der Waals surface area contributed by atoms with Crippen molar-refractivity contribution in [2.45, 2.75) is 25.6 Å². The van der Waals surface area contributed by atoms with Gasteiger partial charge >= 0.3 is 6.18 Å².